The molecule has 1 aliphatic rings. The van der Waals surface area contributed by atoms with Crippen LogP contribution in [0.1, 0.15) is 32.1 Å². The van der Waals surface area contributed by atoms with Crippen molar-refractivity contribution in [3.63, 3.8) is 0 Å². The number of hydrogen-bond donors (Lipinski definition) is 1. The lowest BCUT2D eigenvalue weighted by molar-refractivity contribution is 0.0592. The first-order valence-electron chi connectivity index (χ1n) is 7.74. The van der Waals surface area contributed by atoms with E-state index in [9.17, 15) is 9.59 Å². The van der Waals surface area contributed by atoms with Crippen molar-refractivity contribution in [3.8, 4) is 11.5 Å². The van der Waals surface area contributed by atoms with Crippen molar-refractivity contribution in [1.82, 2.24) is 15.1 Å². The number of fused-ring (bicyclic) bond motifs is 1. The third-order valence-corrected chi connectivity index (χ3v) is 4.23. The molecule has 3 rings (SSSR count). The van der Waals surface area contributed by atoms with Gasteiger partial charge in [0, 0.05) is 17.7 Å². The van der Waals surface area contributed by atoms with Gasteiger partial charge in [-0.2, -0.15) is 5.10 Å². The maximum atomic E-state index is 12.8. The van der Waals surface area contributed by atoms with Crippen molar-refractivity contribution < 1.29 is 23.8 Å². The van der Waals surface area contributed by atoms with Gasteiger partial charge in [-0.05, 0) is 24.6 Å². The summed E-state index contributed by atoms with van der Waals surface area (Å²) in [4.78, 5) is 26.2. The van der Waals surface area contributed by atoms with E-state index in [-0.39, 0.29) is 11.6 Å². The minimum absolute atomic E-state index is 0.124. The van der Waals surface area contributed by atoms with E-state index in [2.05, 4.69) is 10.2 Å². The van der Waals surface area contributed by atoms with Gasteiger partial charge in [0.2, 0.25) is 0 Å². The third-order valence-electron chi connectivity index (χ3n) is 4.23. The molecule has 0 saturated carbocycles. The van der Waals surface area contributed by atoms with E-state index in [4.69, 9.17) is 14.2 Å². The van der Waals surface area contributed by atoms with Crippen LogP contribution in [0.2, 0.25) is 0 Å². The molecule has 0 fully saturated rings. The van der Waals surface area contributed by atoms with E-state index < -0.39 is 5.97 Å². The van der Waals surface area contributed by atoms with Crippen LogP contribution in [0.25, 0.3) is 0 Å². The zero-order chi connectivity index (χ0) is 18.0. The van der Waals surface area contributed by atoms with Crippen LogP contribution in [0, 0.1) is 0 Å². The fraction of sp³-hybridized carbons (Fsp3) is 0.353. The summed E-state index contributed by atoms with van der Waals surface area (Å²) in [5.74, 6) is 0.467. The van der Waals surface area contributed by atoms with Gasteiger partial charge < -0.3 is 19.1 Å². The summed E-state index contributed by atoms with van der Waals surface area (Å²) in [6.07, 6.45) is 0.537. The van der Waals surface area contributed by atoms with Crippen molar-refractivity contribution in [3.05, 3.63) is 40.7 Å². The van der Waals surface area contributed by atoms with Gasteiger partial charge >= 0.3 is 5.97 Å². The van der Waals surface area contributed by atoms with Gasteiger partial charge in [0.25, 0.3) is 5.91 Å². The van der Waals surface area contributed by atoms with Gasteiger partial charge in [-0.1, -0.05) is 0 Å². The number of esters is 1. The number of nitrogens with zero attached hydrogens (tertiary/aromatic N) is 2. The summed E-state index contributed by atoms with van der Waals surface area (Å²) in [6, 6.07) is 5.06. The summed E-state index contributed by atoms with van der Waals surface area (Å²) in [5, 5.41) is 6.84. The molecule has 0 saturated heterocycles. The Hall–Kier alpha value is -3.03. The van der Waals surface area contributed by atoms with Crippen LogP contribution in [0.3, 0.4) is 0 Å². The fourth-order valence-electron chi connectivity index (χ4n) is 2.91. The molecule has 1 amide bonds. The Bertz CT molecular complexity index is 815. The van der Waals surface area contributed by atoms with Crippen molar-refractivity contribution in [2.75, 3.05) is 27.9 Å². The number of benzene rings is 1. The highest BCUT2D eigenvalue weighted by molar-refractivity contribution is 5.95. The lowest BCUT2D eigenvalue weighted by atomic mass is 10.0. The van der Waals surface area contributed by atoms with Gasteiger partial charge in [-0.25, -0.2) is 4.79 Å². The molecule has 8 heteroatoms. The zero-order valence-electron chi connectivity index (χ0n) is 14.3. The summed E-state index contributed by atoms with van der Waals surface area (Å²) < 4.78 is 15.2. The normalized spacial score (nSPS) is 13.2. The van der Waals surface area contributed by atoms with Crippen LogP contribution in [0.4, 0.5) is 0 Å². The van der Waals surface area contributed by atoms with E-state index >= 15 is 0 Å². The molecule has 0 aliphatic carbocycles. The highest BCUT2D eigenvalue weighted by Crippen LogP contribution is 2.29. The Balaban J connectivity index is 1.81. The van der Waals surface area contributed by atoms with Crippen molar-refractivity contribution in [2.24, 2.45) is 0 Å². The number of methoxy groups -OCH3 is 3. The molecule has 0 bridgehead atoms. The van der Waals surface area contributed by atoms with Gasteiger partial charge in [0.15, 0.2) is 17.2 Å². The molecular weight excluding hydrogens is 326 g/mol. The number of hydrogen-bond acceptors (Lipinski definition) is 6. The minimum atomic E-state index is -0.475. The standard InChI is InChI=1S/C17H19N3O5/c1-23-13-5-4-10(8-14(13)24-2)16(21)20-7-6-11-12(9-20)18-19-15(11)17(22)25-3/h4-5,8H,6-7,9H2,1-3H3,(H,18,19). The van der Waals surface area contributed by atoms with Crippen molar-refractivity contribution >= 4 is 11.9 Å². The SMILES string of the molecule is COC(=O)c1n[nH]c2c1CCN(C(=O)c1ccc(OC)c(OC)c1)C2. The number of carbonyl (C=O) groups excluding carboxylic acids is 2. The second kappa shape index (κ2) is 6.84. The first-order valence-corrected chi connectivity index (χ1v) is 7.74. The number of aromatic amines is 1. The first kappa shape index (κ1) is 16.8. The van der Waals surface area contributed by atoms with E-state index in [1.807, 2.05) is 0 Å². The molecule has 1 aromatic carbocycles. The molecular formula is C17H19N3O5. The summed E-state index contributed by atoms with van der Waals surface area (Å²) in [6.45, 7) is 0.843. The second-order valence-corrected chi connectivity index (χ2v) is 5.57. The largest absolute Gasteiger partial charge is 0.493 e. The highest BCUT2D eigenvalue weighted by atomic mass is 16.5. The lowest BCUT2D eigenvalue weighted by Crippen LogP contribution is -2.36. The Morgan fingerprint density at radius 1 is 1.16 bits per heavy atom. The average molecular weight is 345 g/mol. The lowest BCUT2D eigenvalue weighted by Gasteiger charge is -2.27. The van der Waals surface area contributed by atoms with Crippen LogP contribution in [-0.4, -0.2) is 54.8 Å². The van der Waals surface area contributed by atoms with E-state index in [1.165, 1.54) is 14.2 Å². The smallest absolute Gasteiger partial charge is 0.358 e. The molecule has 0 atom stereocenters. The number of amides is 1. The highest BCUT2D eigenvalue weighted by Gasteiger charge is 2.28. The predicted molar refractivity (Wildman–Crippen MR) is 87.9 cm³/mol. The average Bonchev–Trinajstić information content (AvgIpc) is 3.09. The number of ether oxygens (including phenoxy) is 3. The number of aromatic nitrogens is 2. The monoisotopic (exact) mass is 345 g/mol. The maximum absolute atomic E-state index is 12.8. The first-order chi connectivity index (χ1) is 12.1. The molecule has 2 aromatic rings. The van der Waals surface area contributed by atoms with Gasteiger partial charge in [-0.15, -0.1) is 0 Å². The Labute approximate surface area is 144 Å². The Morgan fingerprint density at radius 3 is 2.60 bits per heavy atom. The van der Waals surface area contributed by atoms with Crippen LogP contribution < -0.4 is 9.47 Å². The quantitative estimate of drug-likeness (QED) is 0.842. The minimum Gasteiger partial charge on any atom is -0.493 e. The summed E-state index contributed by atoms with van der Waals surface area (Å²) >= 11 is 0. The maximum Gasteiger partial charge on any atom is 0.358 e. The molecule has 1 N–H and O–H groups in total. The molecule has 0 spiro atoms. The van der Waals surface area contributed by atoms with E-state index in [0.29, 0.717) is 36.6 Å². The van der Waals surface area contributed by atoms with E-state index in [0.717, 1.165) is 11.3 Å². The van der Waals surface area contributed by atoms with Gasteiger partial charge in [0.05, 0.1) is 33.6 Å². The summed E-state index contributed by atoms with van der Waals surface area (Å²) in [7, 11) is 4.39. The fourth-order valence-corrected chi connectivity index (χ4v) is 2.91. The number of nitrogens with one attached hydrogen (secondary N) is 1. The molecule has 2 heterocycles. The summed E-state index contributed by atoms with van der Waals surface area (Å²) in [5.41, 5.74) is 2.35. The second-order valence-electron chi connectivity index (χ2n) is 5.57. The van der Waals surface area contributed by atoms with Crippen LogP contribution in [0.15, 0.2) is 18.2 Å². The predicted octanol–water partition coefficient (Wildman–Crippen LogP) is 1.41. The topological polar surface area (TPSA) is 93.8 Å². The van der Waals surface area contributed by atoms with Crippen LogP contribution in [0.5, 0.6) is 11.5 Å². The Morgan fingerprint density at radius 2 is 1.92 bits per heavy atom. The molecule has 132 valence electrons. The molecule has 1 aromatic heterocycles. The Kier molecular flexibility index (Phi) is 4.60. The molecule has 0 unspecified atom stereocenters. The molecule has 1 aliphatic heterocycles. The van der Waals surface area contributed by atoms with Gasteiger partial charge in [0.1, 0.15) is 0 Å². The van der Waals surface area contributed by atoms with Crippen molar-refractivity contribution in [1.29, 1.82) is 0 Å². The van der Waals surface area contributed by atoms with Gasteiger partial charge in [-0.3, -0.25) is 9.89 Å². The molecule has 25 heavy (non-hydrogen) atoms. The van der Waals surface area contributed by atoms with Crippen LogP contribution >= 0.6 is 0 Å². The van der Waals surface area contributed by atoms with E-state index in [1.54, 1.807) is 30.2 Å². The molecule has 0 radical (unpaired) electrons. The number of carbonyl (C=O) groups is 2. The zero-order valence-corrected chi connectivity index (χ0v) is 14.3. The molecule has 8 nitrogen and oxygen atoms in total. The number of H-pyrrole nitrogens is 1. The van der Waals surface area contributed by atoms with Crippen molar-refractivity contribution in [2.45, 2.75) is 13.0 Å². The third kappa shape index (κ3) is 3.02. The van der Waals surface area contributed by atoms with Crippen LogP contribution in [-0.2, 0) is 17.7 Å². The number of rotatable bonds is 4.